The fourth-order valence-corrected chi connectivity index (χ4v) is 2.66. The maximum atomic E-state index is 12.2. The molecule has 0 saturated heterocycles. The van der Waals surface area contributed by atoms with Crippen molar-refractivity contribution in [2.75, 3.05) is 11.9 Å². The molecule has 3 N–H and O–H groups in total. The van der Waals surface area contributed by atoms with E-state index in [1.807, 2.05) is 0 Å². The van der Waals surface area contributed by atoms with Crippen LogP contribution in [0.3, 0.4) is 0 Å². The number of guanidine groups is 1. The number of alkyl halides is 3. The van der Waals surface area contributed by atoms with Gasteiger partial charge in [-0.3, -0.25) is 4.99 Å². The van der Waals surface area contributed by atoms with Gasteiger partial charge in [-0.15, -0.1) is 37.1 Å². The van der Waals surface area contributed by atoms with E-state index in [0.29, 0.717) is 18.2 Å². The van der Waals surface area contributed by atoms with Crippen LogP contribution < -0.4 is 15.8 Å². The third-order valence-corrected chi connectivity index (χ3v) is 3.89. The van der Waals surface area contributed by atoms with Crippen molar-refractivity contribution in [3.63, 3.8) is 0 Å². The molecule has 9 heteroatoms. The number of ether oxygens (including phenoxy) is 1. The summed E-state index contributed by atoms with van der Waals surface area (Å²) in [6.07, 6.45) is -1.12. The molecule has 0 amide bonds. The number of nitrogens with two attached hydrogens (primary N) is 1. The van der Waals surface area contributed by atoms with Crippen molar-refractivity contribution in [1.82, 2.24) is 0 Å². The monoisotopic (exact) mass is 468 g/mol. The van der Waals surface area contributed by atoms with Crippen LogP contribution in [-0.2, 0) is 0 Å². The number of benzene rings is 1. The predicted octanol–water partition coefficient (Wildman–Crippen LogP) is 4.26. The van der Waals surface area contributed by atoms with Crippen LogP contribution in [0.4, 0.5) is 18.9 Å². The predicted molar refractivity (Wildman–Crippen MR) is 99.7 cm³/mol. The quantitative estimate of drug-likeness (QED) is 0.393. The summed E-state index contributed by atoms with van der Waals surface area (Å²) < 4.78 is 40.5. The zero-order valence-electron chi connectivity index (χ0n) is 13.4. The molecule has 0 heterocycles. The molecule has 1 aromatic rings. The second-order valence-electron chi connectivity index (χ2n) is 5.77. The van der Waals surface area contributed by atoms with Crippen LogP contribution in [0.1, 0.15) is 25.7 Å². The second-order valence-corrected chi connectivity index (χ2v) is 5.77. The Kier molecular flexibility index (Phi) is 8.28. The highest BCUT2D eigenvalue weighted by molar-refractivity contribution is 14.0. The molecule has 2 rings (SSSR count). The van der Waals surface area contributed by atoms with Gasteiger partial charge in [0.25, 0.3) is 0 Å². The number of hydrogen-bond donors (Lipinski definition) is 2. The summed E-state index contributed by atoms with van der Waals surface area (Å²) in [6.45, 7) is 0.537. The van der Waals surface area contributed by atoms with Crippen molar-refractivity contribution < 1.29 is 17.9 Å². The topological polar surface area (TPSA) is 83.4 Å². The number of nitrogens with zero attached hydrogens (tertiary/aromatic N) is 2. The van der Waals surface area contributed by atoms with E-state index in [-0.39, 0.29) is 41.6 Å². The maximum Gasteiger partial charge on any atom is 0.573 e. The summed E-state index contributed by atoms with van der Waals surface area (Å²) in [5.74, 6) is 0.337. The van der Waals surface area contributed by atoms with E-state index in [4.69, 9.17) is 11.0 Å². The molecular formula is C16H20F3IN4O. The molecule has 1 saturated carbocycles. The Labute approximate surface area is 161 Å². The fraction of sp³-hybridized carbons (Fsp3) is 0.500. The fourth-order valence-electron chi connectivity index (χ4n) is 2.66. The lowest BCUT2D eigenvalue weighted by Crippen LogP contribution is -2.25. The van der Waals surface area contributed by atoms with Gasteiger partial charge in [-0.25, -0.2) is 0 Å². The Morgan fingerprint density at radius 2 is 2.00 bits per heavy atom. The summed E-state index contributed by atoms with van der Waals surface area (Å²) in [4.78, 5) is 4.24. The van der Waals surface area contributed by atoms with Gasteiger partial charge >= 0.3 is 6.36 Å². The normalized spacial score (nSPS) is 21.0. The van der Waals surface area contributed by atoms with E-state index in [1.165, 1.54) is 18.2 Å². The number of anilines is 1. The molecular weight excluding hydrogens is 448 g/mol. The van der Waals surface area contributed by atoms with E-state index in [1.54, 1.807) is 6.07 Å². The average molecular weight is 468 g/mol. The lowest BCUT2D eigenvalue weighted by atomic mass is 9.83. The molecule has 0 aliphatic heterocycles. The van der Waals surface area contributed by atoms with Gasteiger partial charge in [0.15, 0.2) is 5.96 Å². The van der Waals surface area contributed by atoms with Crippen molar-refractivity contribution in [1.29, 1.82) is 5.26 Å². The minimum atomic E-state index is -4.74. The maximum absolute atomic E-state index is 12.2. The van der Waals surface area contributed by atoms with Crippen LogP contribution in [0, 0.1) is 23.2 Å². The van der Waals surface area contributed by atoms with Crippen molar-refractivity contribution >= 4 is 35.6 Å². The molecule has 0 unspecified atom stereocenters. The first kappa shape index (κ1) is 21.3. The van der Waals surface area contributed by atoms with Gasteiger partial charge in [0.1, 0.15) is 5.75 Å². The molecule has 1 aliphatic rings. The Morgan fingerprint density at radius 3 is 2.60 bits per heavy atom. The zero-order chi connectivity index (χ0) is 17.6. The van der Waals surface area contributed by atoms with Crippen LogP contribution >= 0.6 is 24.0 Å². The highest BCUT2D eigenvalue weighted by Gasteiger charge is 2.31. The summed E-state index contributed by atoms with van der Waals surface area (Å²) >= 11 is 0. The van der Waals surface area contributed by atoms with E-state index in [0.717, 1.165) is 25.7 Å². The summed E-state index contributed by atoms with van der Waals surface area (Å²) in [6, 6.07) is 7.69. The van der Waals surface area contributed by atoms with Crippen LogP contribution in [0.15, 0.2) is 29.3 Å². The number of halogens is 4. The molecule has 0 atom stereocenters. The van der Waals surface area contributed by atoms with Crippen molar-refractivity contribution in [2.24, 2.45) is 22.6 Å². The van der Waals surface area contributed by atoms with Crippen LogP contribution in [0.2, 0.25) is 0 Å². The van der Waals surface area contributed by atoms with Crippen LogP contribution in [-0.4, -0.2) is 18.9 Å². The molecule has 0 spiro atoms. The Bertz CT molecular complexity index is 623. The number of hydrogen-bond acceptors (Lipinski definition) is 3. The van der Waals surface area contributed by atoms with Crippen LogP contribution in [0.5, 0.6) is 5.75 Å². The van der Waals surface area contributed by atoms with Gasteiger partial charge in [-0.2, -0.15) is 5.26 Å². The lowest BCUT2D eigenvalue weighted by molar-refractivity contribution is -0.274. The van der Waals surface area contributed by atoms with Gasteiger partial charge in [-0.05, 0) is 43.7 Å². The van der Waals surface area contributed by atoms with Gasteiger partial charge in [0, 0.05) is 24.2 Å². The smallest absolute Gasteiger partial charge is 0.406 e. The van der Waals surface area contributed by atoms with Crippen LogP contribution in [0.25, 0.3) is 0 Å². The van der Waals surface area contributed by atoms with Crippen molar-refractivity contribution in [3.8, 4) is 11.8 Å². The minimum absolute atomic E-state index is 0. The van der Waals surface area contributed by atoms with E-state index in [9.17, 15) is 13.2 Å². The van der Waals surface area contributed by atoms with Crippen molar-refractivity contribution in [3.05, 3.63) is 24.3 Å². The largest absolute Gasteiger partial charge is 0.573 e. The number of aliphatic imine (C=N–C) groups is 1. The van der Waals surface area contributed by atoms with Gasteiger partial charge < -0.3 is 15.8 Å². The third kappa shape index (κ3) is 7.81. The zero-order valence-corrected chi connectivity index (χ0v) is 15.8. The van der Waals surface area contributed by atoms with E-state index in [2.05, 4.69) is 21.1 Å². The molecule has 0 aromatic heterocycles. The number of nitrogens with one attached hydrogen (secondary N) is 1. The molecule has 138 valence electrons. The Hall–Kier alpha value is -1.70. The first-order chi connectivity index (χ1) is 11.4. The molecule has 1 aliphatic carbocycles. The molecule has 1 fully saturated rings. The minimum Gasteiger partial charge on any atom is -0.406 e. The number of rotatable bonds is 4. The molecule has 5 nitrogen and oxygen atoms in total. The first-order valence-corrected chi connectivity index (χ1v) is 7.68. The second kappa shape index (κ2) is 9.70. The highest BCUT2D eigenvalue weighted by atomic mass is 127. The van der Waals surface area contributed by atoms with Gasteiger partial charge in [0.05, 0.1) is 6.07 Å². The van der Waals surface area contributed by atoms with Crippen molar-refractivity contribution in [2.45, 2.75) is 32.0 Å². The third-order valence-electron chi connectivity index (χ3n) is 3.89. The summed E-state index contributed by atoms with van der Waals surface area (Å²) in [5, 5.41) is 11.6. The first-order valence-electron chi connectivity index (χ1n) is 7.68. The molecule has 0 radical (unpaired) electrons. The van der Waals surface area contributed by atoms with Gasteiger partial charge in [-0.1, -0.05) is 6.07 Å². The molecule has 1 aromatic carbocycles. The Balaban J connectivity index is 0.00000312. The highest BCUT2D eigenvalue weighted by Crippen LogP contribution is 2.28. The SMILES string of the molecule is I.N#CC1CCC(CN=C(N)Nc2cccc(OC(F)(F)F)c2)CC1. The lowest BCUT2D eigenvalue weighted by Gasteiger charge is -2.23. The Morgan fingerprint density at radius 1 is 1.32 bits per heavy atom. The molecule has 25 heavy (non-hydrogen) atoms. The van der Waals surface area contributed by atoms with Gasteiger partial charge in [0.2, 0.25) is 0 Å². The summed E-state index contributed by atoms with van der Waals surface area (Å²) in [5.41, 5.74) is 6.14. The van der Waals surface area contributed by atoms with E-state index >= 15 is 0 Å². The summed E-state index contributed by atoms with van der Waals surface area (Å²) in [7, 11) is 0. The molecule has 0 bridgehead atoms. The standard InChI is InChI=1S/C16H19F3N4O.HI/c17-16(18,19)24-14-3-1-2-13(8-14)23-15(21)22-10-12-6-4-11(9-20)5-7-12;/h1-3,8,11-12H,4-7,10H2,(H3,21,22,23);1H. The van der Waals surface area contributed by atoms with E-state index < -0.39 is 6.36 Å². The number of nitriles is 1. The average Bonchev–Trinajstić information content (AvgIpc) is 2.52.